The van der Waals surface area contributed by atoms with Gasteiger partial charge >= 0.3 is 0 Å². The maximum absolute atomic E-state index is 11.7. The molecule has 22 heavy (non-hydrogen) atoms. The average Bonchev–Trinajstić information content (AvgIpc) is 2.48. The Balaban J connectivity index is 2.26. The summed E-state index contributed by atoms with van der Waals surface area (Å²) >= 11 is 0. The van der Waals surface area contributed by atoms with E-state index in [4.69, 9.17) is 4.74 Å². The van der Waals surface area contributed by atoms with Crippen molar-refractivity contribution in [2.75, 3.05) is 18.7 Å². The van der Waals surface area contributed by atoms with Gasteiger partial charge in [-0.3, -0.25) is 0 Å². The third kappa shape index (κ3) is 3.80. The predicted molar refractivity (Wildman–Crippen MR) is 89.3 cm³/mol. The van der Waals surface area contributed by atoms with Crippen molar-refractivity contribution in [2.45, 2.75) is 24.8 Å². The summed E-state index contributed by atoms with van der Waals surface area (Å²) in [4.78, 5) is 0.210. The number of anilines is 1. The molecule has 0 heterocycles. The minimum Gasteiger partial charge on any atom is -0.495 e. The number of rotatable bonds is 5. The van der Waals surface area contributed by atoms with Crippen LogP contribution in [-0.4, -0.2) is 21.8 Å². The number of aryl methyl sites for hydroxylation is 1. The van der Waals surface area contributed by atoms with Crippen molar-refractivity contribution in [1.82, 2.24) is 0 Å². The maximum Gasteiger partial charge on any atom is 0.179 e. The number of benzene rings is 2. The van der Waals surface area contributed by atoms with E-state index in [2.05, 4.69) is 5.32 Å². The van der Waals surface area contributed by atoms with Crippen molar-refractivity contribution in [3.05, 3.63) is 53.6 Å². The summed E-state index contributed by atoms with van der Waals surface area (Å²) in [5.41, 5.74) is 3.19. The van der Waals surface area contributed by atoms with Crippen LogP contribution in [0.2, 0.25) is 0 Å². The molecule has 0 aliphatic rings. The predicted octanol–water partition coefficient (Wildman–Crippen LogP) is 3.58. The van der Waals surface area contributed by atoms with Crippen LogP contribution in [0.1, 0.15) is 24.1 Å². The Morgan fingerprint density at radius 1 is 1.09 bits per heavy atom. The largest absolute Gasteiger partial charge is 0.495 e. The highest BCUT2D eigenvalue weighted by atomic mass is 32.2. The molecule has 0 amide bonds. The standard InChI is InChI=1S/C17H21NO3S/c1-12-5-8-15(9-6-12)18-13(2)14-7-10-17(22(4,19)20)16(11-14)21-3/h5-11,13,18H,1-4H3/t13-/m1/s1. The van der Waals surface area contributed by atoms with Gasteiger partial charge in [-0.2, -0.15) is 0 Å². The molecule has 4 nitrogen and oxygen atoms in total. The lowest BCUT2D eigenvalue weighted by Gasteiger charge is -2.17. The lowest BCUT2D eigenvalue weighted by atomic mass is 10.1. The highest BCUT2D eigenvalue weighted by molar-refractivity contribution is 7.90. The van der Waals surface area contributed by atoms with Crippen LogP contribution in [0.5, 0.6) is 5.75 Å². The first-order chi connectivity index (χ1) is 10.3. The number of sulfone groups is 1. The molecule has 5 heteroatoms. The number of hydrogen-bond acceptors (Lipinski definition) is 4. The van der Waals surface area contributed by atoms with Gasteiger partial charge in [0.25, 0.3) is 0 Å². The van der Waals surface area contributed by atoms with Gasteiger partial charge < -0.3 is 10.1 Å². The van der Waals surface area contributed by atoms with Crippen molar-refractivity contribution in [3.8, 4) is 5.75 Å². The second-order valence-corrected chi connectivity index (χ2v) is 7.40. The van der Waals surface area contributed by atoms with Gasteiger partial charge in [0.1, 0.15) is 10.6 Å². The fourth-order valence-electron chi connectivity index (χ4n) is 2.24. The molecule has 0 spiro atoms. The SMILES string of the molecule is COc1cc([C@@H](C)Nc2ccc(C)cc2)ccc1S(C)(=O)=O. The lowest BCUT2D eigenvalue weighted by molar-refractivity contribution is 0.402. The van der Waals surface area contributed by atoms with E-state index in [1.807, 2.05) is 44.2 Å². The summed E-state index contributed by atoms with van der Waals surface area (Å²) in [6, 6.07) is 13.3. The molecule has 2 aromatic carbocycles. The van der Waals surface area contributed by atoms with Crippen LogP contribution in [0.4, 0.5) is 5.69 Å². The second-order valence-electron chi connectivity index (χ2n) is 5.41. The smallest absolute Gasteiger partial charge is 0.179 e. The molecule has 0 aliphatic carbocycles. The summed E-state index contributed by atoms with van der Waals surface area (Å²) in [6.07, 6.45) is 1.18. The van der Waals surface area contributed by atoms with Crippen molar-refractivity contribution < 1.29 is 13.2 Å². The molecule has 0 saturated carbocycles. The third-order valence-corrected chi connectivity index (χ3v) is 4.66. The number of methoxy groups -OCH3 is 1. The summed E-state index contributed by atoms with van der Waals surface area (Å²) in [7, 11) is -1.82. The van der Waals surface area contributed by atoms with E-state index in [0.717, 1.165) is 11.3 Å². The van der Waals surface area contributed by atoms with Gasteiger partial charge in [0.2, 0.25) is 0 Å². The van der Waals surface area contributed by atoms with E-state index in [1.54, 1.807) is 12.1 Å². The molecule has 0 aromatic heterocycles. The van der Waals surface area contributed by atoms with Gasteiger partial charge in [0.05, 0.1) is 7.11 Å². The number of ether oxygens (including phenoxy) is 1. The Morgan fingerprint density at radius 3 is 2.27 bits per heavy atom. The molecule has 0 radical (unpaired) electrons. The average molecular weight is 319 g/mol. The molecular weight excluding hydrogens is 298 g/mol. The van der Waals surface area contributed by atoms with Crippen LogP contribution in [0.3, 0.4) is 0 Å². The Bertz CT molecular complexity index is 752. The number of nitrogens with one attached hydrogen (secondary N) is 1. The Kier molecular flexibility index (Phi) is 4.76. The van der Waals surface area contributed by atoms with Crippen LogP contribution in [-0.2, 0) is 9.84 Å². The van der Waals surface area contributed by atoms with Crippen molar-refractivity contribution in [2.24, 2.45) is 0 Å². The minimum absolute atomic E-state index is 0.0326. The van der Waals surface area contributed by atoms with Gasteiger partial charge in [0, 0.05) is 18.0 Å². The molecule has 0 bridgehead atoms. The fraction of sp³-hybridized carbons (Fsp3) is 0.294. The number of hydrogen-bond donors (Lipinski definition) is 1. The molecule has 1 N–H and O–H groups in total. The van der Waals surface area contributed by atoms with Crippen molar-refractivity contribution in [3.63, 3.8) is 0 Å². The van der Waals surface area contributed by atoms with E-state index in [0.29, 0.717) is 5.75 Å². The first-order valence-electron chi connectivity index (χ1n) is 7.02. The topological polar surface area (TPSA) is 55.4 Å². The summed E-state index contributed by atoms with van der Waals surface area (Å²) < 4.78 is 28.7. The molecule has 0 fully saturated rings. The highest BCUT2D eigenvalue weighted by Crippen LogP contribution is 2.29. The third-order valence-electron chi connectivity index (χ3n) is 3.52. The quantitative estimate of drug-likeness (QED) is 0.915. The van der Waals surface area contributed by atoms with Crippen LogP contribution in [0.15, 0.2) is 47.4 Å². The van der Waals surface area contributed by atoms with Gasteiger partial charge in [-0.25, -0.2) is 8.42 Å². The zero-order valence-corrected chi connectivity index (χ0v) is 14.1. The molecule has 0 saturated heterocycles. The molecule has 2 rings (SSSR count). The molecule has 0 unspecified atom stereocenters. The second kappa shape index (κ2) is 6.40. The monoisotopic (exact) mass is 319 g/mol. The van der Waals surface area contributed by atoms with Gasteiger partial charge in [-0.1, -0.05) is 23.8 Å². The van der Waals surface area contributed by atoms with Crippen LogP contribution < -0.4 is 10.1 Å². The summed E-state index contributed by atoms with van der Waals surface area (Å²) in [5.74, 6) is 0.373. The van der Waals surface area contributed by atoms with Crippen molar-refractivity contribution in [1.29, 1.82) is 0 Å². The molecule has 1 atom stereocenters. The molecule has 118 valence electrons. The minimum atomic E-state index is -3.30. The normalized spacial score (nSPS) is 12.7. The van der Waals surface area contributed by atoms with E-state index in [1.165, 1.54) is 18.9 Å². The van der Waals surface area contributed by atoms with Gasteiger partial charge in [-0.05, 0) is 43.7 Å². The van der Waals surface area contributed by atoms with Crippen LogP contribution >= 0.6 is 0 Å². The summed E-state index contributed by atoms with van der Waals surface area (Å²) in [6.45, 7) is 4.07. The first-order valence-corrected chi connectivity index (χ1v) is 8.91. The van der Waals surface area contributed by atoms with E-state index in [-0.39, 0.29) is 10.9 Å². The van der Waals surface area contributed by atoms with Crippen molar-refractivity contribution >= 4 is 15.5 Å². The zero-order chi connectivity index (χ0) is 16.3. The summed E-state index contributed by atoms with van der Waals surface area (Å²) in [5, 5.41) is 3.39. The Morgan fingerprint density at radius 2 is 1.73 bits per heavy atom. The van der Waals surface area contributed by atoms with E-state index in [9.17, 15) is 8.42 Å². The Hall–Kier alpha value is -2.01. The molecular formula is C17H21NO3S. The molecule has 0 aliphatic heterocycles. The van der Waals surface area contributed by atoms with E-state index >= 15 is 0 Å². The van der Waals surface area contributed by atoms with Crippen LogP contribution in [0, 0.1) is 6.92 Å². The Labute approximate surface area is 132 Å². The van der Waals surface area contributed by atoms with Gasteiger partial charge in [-0.15, -0.1) is 0 Å². The maximum atomic E-state index is 11.7. The van der Waals surface area contributed by atoms with Gasteiger partial charge in [0.15, 0.2) is 9.84 Å². The highest BCUT2D eigenvalue weighted by Gasteiger charge is 2.16. The lowest BCUT2D eigenvalue weighted by Crippen LogP contribution is -2.08. The fourth-order valence-corrected chi connectivity index (χ4v) is 3.07. The molecule has 2 aromatic rings. The van der Waals surface area contributed by atoms with E-state index < -0.39 is 9.84 Å². The first kappa shape index (κ1) is 16.4. The van der Waals surface area contributed by atoms with Crippen LogP contribution in [0.25, 0.3) is 0 Å². The zero-order valence-electron chi connectivity index (χ0n) is 13.3.